The van der Waals surface area contributed by atoms with Crippen LogP contribution in [-0.4, -0.2) is 25.6 Å². The van der Waals surface area contributed by atoms with E-state index >= 15 is 0 Å². The van der Waals surface area contributed by atoms with E-state index in [4.69, 9.17) is 0 Å². The highest BCUT2D eigenvalue weighted by molar-refractivity contribution is 5.91. The monoisotopic (exact) mass is 339 g/mol. The van der Waals surface area contributed by atoms with Gasteiger partial charge in [-0.15, -0.1) is 0 Å². The Morgan fingerprint density at radius 3 is 2.48 bits per heavy atom. The zero-order valence-electron chi connectivity index (χ0n) is 15.0. The molecule has 0 amide bonds. The van der Waals surface area contributed by atoms with Crippen molar-refractivity contribution < 1.29 is 9.90 Å². The van der Waals surface area contributed by atoms with Gasteiger partial charge in [0.2, 0.25) is 0 Å². The van der Waals surface area contributed by atoms with Crippen molar-refractivity contribution in [2.45, 2.75) is 40.2 Å². The van der Waals surface area contributed by atoms with Gasteiger partial charge in [-0.2, -0.15) is 0 Å². The molecule has 130 valence electrons. The second kappa shape index (κ2) is 5.58. The molecule has 0 aliphatic rings. The average Bonchev–Trinajstić information content (AvgIpc) is 2.84. The minimum atomic E-state index is -0.967. The summed E-state index contributed by atoms with van der Waals surface area (Å²) < 4.78 is 1.62. The summed E-state index contributed by atoms with van der Waals surface area (Å²) in [6, 6.07) is 5.15. The first kappa shape index (κ1) is 17.0. The Bertz CT molecular complexity index is 1050. The molecule has 0 aliphatic carbocycles. The second-order valence-electron chi connectivity index (χ2n) is 7.30. The van der Waals surface area contributed by atoms with Crippen molar-refractivity contribution in [1.29, 1.82) is 0 Å². The lowest BCUT2D eigenvalue weighted by Gasteiger charge is -2.20. The SMILES string of the molecule is Cc1cc(C(=O)O)cc(-c2cnc3c(c2)[nH]c(=O)n3C(C)(C)C)c1C. The predicted octanol–water partition coefficient (Wildman–Crippen LogP) is 3.46. The molecule has 0 saturated carbocycles. The Morgan fingerprint density at radius 1 is 1.20 bits per heavy atom. The van der Waals surface area contributed by atoms with E-state index < -0.39 is 5.97 Å². The van der Waals surface area contributed by atoms with Crippen molar-refractivity contribution in [3.8, 4) is 11.1 Å². The first-order chi connectivity index (χ1) is 11.6. The van der Waals surface area contributed by atoms with Crippen molar-refractivity contribution >= 4 is 17.1 Å². The number of aromatic nitrogens is 3. The van der Waals surface area contributed by atoms with Gasteiger partial charge in [-0.3, -0.25) is 4.57 Å². The van der Waals surface area contributed by atoms with Gasteiger partial charge in [0.1, 0.15) is 0 Å². The van der Waals surface area contributed by atoms with Crippen molar-refractivity contribution in [3.63, 3.8) is 0 Å². The minimum Gasteiger partial charge on any atom is -0.478 e. The Balaban J connectivity index is 2.25. The number of carboxylic acid groups (broad SMARTS) is 1. The number of pyridine rings is 1. The molecule has 0 atom stereocenters. The fraction of sp³-hybridized carbons (Fsp3) is 0.316. The van der Waals surface area contributed by atoms with Crippen LogP contribution in [0.2, 0.25) is 0 Å². The number of aromatic amines is 1. The summed E-state index contributed by atoms with van der Waals surface area (Å²) in [6.07, 6.45) is 1.69. The normalized spacial score (nSPS) is 11.9. The molecule has 0 aliphatic heterocycles. The quantitative estimate of drug-likeness (QED) is 0.748. The molecule has 2 aromatic heterocycles. The summed E-state index contributed by atoms with van der Waals surface area (Å²) in [7, 11) is 0. The summed E-state index contributed by atoms with van der Waals surface area (Å²) in [4.78, 5) is 31.0. The van der Waals surface area contributed by atoms with Crippen LogP contribution in [0, 0.1) is 13.8 Å². The smallest absolute Gasteiger partial charge is 0.335 e. The van der Waals surface area contributed by atoms with Gasteiger partial charge in [0, 0.05) is 17.3 Å². The maximum atomic E-state index is 12.3. The van der Waals surface area contributed by atoms with E-state index in [-0.39, 0.29) is 16.8 Å². The van der Waals surface area contributed by atoms with Crippen LogP contribution in [-0.2, 0) is 5.54 Å². The predicted molar refractivity (Wildman–Crippen MR) is 97.2 cm³/mol. The maximum Gasteiger partial charge on any atom is 0.335 e. The number of carbonyl (C=O) groups is 1. The van der Waals surface area contributed by atoms with E-state index in [9.17, 15) is 14.7 Å². The lowest BCUT2D eigenvalue weighted by Crippen LogP contribution is -2.32. The Morgan fingerprint density at radius 2 is 1.88 bits per heavy atom. The highest BCUT2D eigenvalue weighted by atomic mass is 16.4. The minimum absolute atomic E-state index is 0.209. The van der Waals surface area contributed by atoms with E-state index in [1.165, 1.54) is 0 Å². The van der Waals surface area contributed by atoms with Crippen LogP contribution in [0.5, 0.6) is 0 Å². The molecule has 0 saturated heterocycles. The van der Waals surface area contributed by atoms with Gasteiger partial charge >= 0.3 is 11.7 Å². The van der Waals surface area contributed by atoms with Crippen LogP contribution in [0.15, 0.2) is 29.2 Å². The van der Waals surface area contributed by atoms with Crippen LogP contribution in [0.4, 0.5) is 0 Å². The highest BCUT2D eigenvalue weighted by Crippen LogP contribution is 2.29. The summed E-state index contributed by atoms with van der Waals surface area (Å²) in [5.41, 5.74) is 4.33. The largest absolute Gasteiger partial charge is 0.478 e. The highest BCUT2D eigenvalue weighted by Gasteiger charge is 2.21. The number of benzene rings is 1. The fourth-order valence-corrected chi connectivity index (χ4v) is 3.05. The summed E-state index contributed by atoms with van der Waals surface area (Å²) in [5, 5.41) is 9.31. The number of fused-ring (bicyclic) bond motifs is 1. The topological polar surface area (TPSA) is 88.0 Å². The molecule has 3 aromatic rings. The van der Waals surface area contributed by atoms with E-state index in [2.05, 4.69) is 9.97 Å². The van der Waals surface area contributed by atoms with Gasteiger partial charge in [-0.1, -0.05) is 0 Å². The molecule has 6 heteroatoms. The third-order valence-corrected chi connectivity index (χ3v) is 4.42. The fourth-order valence-electron chi connectivity index (χ4n) is 3.05. The van der Waals surface area contributed by atoms with Crippen LogP contribution < -0.4 is 5.69 Å². The maximum absolute atomic E-state index is 12.3. The second-order valence-corrected chi connectivity index (χ2v) is 7.30. The van der Waals surface area contributed by atoms with Gasteiger partial charge in [-0.25, -0.2) is 14.6 Å². The number of imidazole rings is 1. The van der Waals surface area contributed by atoms with Crippen molar-refractivity contribution in [2.75, 3.05) is 0 Å². The number of nitrogens with one attached hydrogen (secondary N) is 1. The molecule has 0 fully saturated rings. The van der Waals surface area contributed by atoms with E-state index in [0.29, 0.717) is 11.2 Å². The molecular weight excluding hydrogens is 318 g/mol. The molecule has 2 N–H and O–H groups in total. The zero-order valence-corrected chi connectivity index (χ0v) is 15.0. The number of aromatic carboxylic acids is 1. The number of H-pyrrole nitrogens is 1. The Kier molecular flexibility index (Phi) is 3.78. The van der Waals surface area contributed by atoms with Crippen molar-refractivity contribution in [3.05, 3.63) is 51.6 Å². The molecule has 3 rings (SSSR count). The Labute approximate surface area is 145 Å². The van der Waals surface area contributed by atoms with Gasteiger partial charge < -0.3 is 10.1 Å². The first-order valence-corrected chi connectivity index (χ1v) is 8.06. The lowest BCUT2D eigenvalue weighted by atomic mass is 9.95. The number of hydrogen-bond acceptors (Lipinski definition) is 3. The van der Waals surface area contributed by atoms with E-state index in [1.54, 1.807) is 22.9 Å². The van der Waals surface area contributed by atoms with Gasteiger partial charge in [0.15, 0.2) is 5.65 Å². The van der Waals surface area contributed by atoms with E-state index in [1.807, 2.05) is 40.7 Å². The molecule has 6 nitrogen and oxygen atoms in total. The lowest BCUT2D eigenvalue weighted by molar-refractivity contribution is 0.0697. The van der Waals surface area contributed by atoms with Gasteiger partial charge in [-0.05, 0) is 69.5 Å². The summed E-state index contributed by atoms with van der Waals surface area (Å²) in [6.45, 7) is 9.67. The van der Waals surface area contributed by atoms with Gasteiger partial charge in [0.25, 0.3) is 0 Å². The number of hydrogen-bond donors (Lipinski definition) is 2. The zero-order chi connectivity index (χ0) is 18.5. The van der Waals surface area contributed by atoms with Crippen LogP contribution >= 0.6 is 0 Å². The first-order valence-electron chi connectivity index (χ1n) is 8.06. The van der Waals surface area contributed by atoms with Crippen LogP contribution in [0.1, 0.15) is 42.3 Å². The average molecular weight is 339 g/mol. The molecule has 0 spiro atoms. The number of carboxylic acids is 1. The molecule has 25 heavy (non-hydrogen) atoms. The molecule has 0 radical (unpaired) electrons. The number of nitrogens with zero attached hydrogens (tertiary/aromatic N) is 2. The third-order valence-electron chi connectivity index (χ3n) is 4.42. The number of aryl methyl sites for hydroxylation is 1. The standard InChI is InChI=1S/C19H21N3O3/c1-10-6-12(17(23)24)7-14(11(10)2)13-8-15-16(20-9-13)22(18(25)21-15)19(3,4)5/h6-9H,1-5H3,(H,21,25)(H,23,24). The molecule has 0 unspecified atom stereocenters. The van der Waals surface area contributed by atoms with Gasteiger partial charge in [0.05, 0.1) is 11.1 Å². The molecular formula is C19H21N3O3. The van der Waals surface area contributed by atoms with Crippen molar-refractivity contribution in [2.24, 2.45) is 0 Å². The molecule has 2 heterocycles. The molecule has 0 bridgehead atoms. The van der Waals surface area contributed by atoms with Crippen LogP contribution in [0.3, 0.4) is 0 Å². The van der Waals surface area contributed by atoms with E-state index in [0.717, 1.165) is 22.3 Å². The Hall–Kier alpha value is -2.89. The summed E-state index contributed by atoms with van der Waals surface area (Å²) >= 11 is 0. The molecule has 1 aromatic carbocycles. The number of rotatable bonds is 2. The van der Waals surface area contributed by atoms with Crippen LogP contribution in [0.25, 0.3) is 22.3 Å². The third kappa shape index (κ3) is 2.84. The summed E-state index contributed by atoms with van der Waals surface area (Å²) in [5.74, 6) is -0.967. The van der Waals surface area contributed by atoms with Crippen molar-refractivity contribution in [1.82, 2.24) is 14.5 Å².